The van der Waals surface area contributed by atoms with Crippen LogP contribution < -0.4 is 14.8 Å². The number of nitrogens with one attached hydrogen (secondary N) is 2. The number of aliphatic hydroxyl groups is 1. The number of sulfonamides is 2. The van der Waals surface area contributed by atoms with E-state index in [2.05, 4.69) is 10.0 Å². The minimum atomic E-state index is -3.74. The maximum Gasteiger partial charge on any atom is 0.335 e. The summed E-state index contributed by atoms with van der Waals surface area (Å²) in [6, 6.07) is 11.2. The van der Waals surface area contributed by atoms with E-state index in [1.165, 1.54) is 47.8 Å². The maximum absolute atomic E-state index is 13.0. The summed E-state index contributed by atoms with van der Waals surface area (Å²) < 4.78 is 65.2. The number of aliphatic hydroxyl groups excluding tert-OH is 1. The van der Waals surface area contributed by atoms with Crippen molar-refractivity contribution in [2.24, 2.45) is 0 Å². The number of ether oxygens (including phenoxy) is 2. The topological polar surface area (TPSA) is 172 Å². The molecule has 0 aromatic heterocycles. The van der Waals surface area contributed by atoms with Gasteiger partial charge >= 0.3 is 5.97 Å². The van der Waals surface area contributed by atoms with Crippen molar-refractivity contribution in [3.63, 3.8) is 0 Å². The number of carboxylic acid groups (broad SMARTS) is 1. The Hall–Kier alpha value is -2.59. The average Bonchev–Trinajstić information content (AvgIpc) is 3.33. The number of piperidine rings is 1. The van der Waals surface area contributed by atoms with E-state index in [0.717, 1.165) is 0 Å². The molecule has 0 saturated carbocycles. The van der Waals surface area contributed by atoms with Crippen molar-refractivity contribution in [3.05, 3.63) is 54.1 Å². The van der Waals surface area contributed by atoms with Crippen molar-refractivity contribution in [1.29, 1.82) is 0 Å². The van der Waals surface area contributed by atoms with Gasteiger partial charge in [0.05, 0.1) is 27.6 Å². The highest BCUT2D eigenvalue weighted by atomic mass is 32.2. The second kappa shape index (κ2) is 11.9. The SMILES string of the molecule is CNS(=O)(=O)c1cccc(OC[C@@H](O)CNC2COC3(CCN(S(=O)(=O)c4ccc(C(=O)O)cc4)CC3)C2)c1. The Morgan fingerprint density at radius 3 is 2.46 bits per heavy atom. The Labute approximate surface area is 228 Å². The summed E-state index contributed by atoms with van der Waals surface area (Å²) in [5.74, 6) is -0.791. The van der Waals surface area contributed by atoms with Crippen LogP contribution in [0, 0.1) is 0 Å². The normalized spacial score (nSPS) is 20.6. The Morgan fingerprint density at radius 1 is 1.13 bits per heavy atom. The van der Waals surface area contributed by atoms with Crippen molar-refractivity contribution in [2.45, 2.75) is 46.8 Å². The molecule has 214 valence electrons. The van der Waals surface area contributed by atoms with Crippen molar-refractivity contribution in [1.82, 2.24) is 14.3 Å². The van der Waals surface area contributed by atoms with Gasteiger partial charge in [0.2, 0.25) is 20.0 Å². The molecule has 2 aliphatic heterocycles. The summed E-state index contributed by atoms with van der Waals surface area (Å²) in [5, 5.41) is 22.7. The quantitative estimate of drug-likeness (QED) is 0.294. The van der Waals surface area contributed by atoms with E-state index in [1.807, 2.05) is 0 Å². The molecule has 2 atom stereocenters. The molecule has 0 radical (unpaired) electrons. The van der Waals surface area contributed by atoms with E-state index >= 15 is 0 Å². The van der Waals surface area contributed by atoms with Crippen LogP contribution in [0.25, 0.3) is 0 Å². The third-order valence-electron chi connectivity index (χ3n) is 7.05. The second-order valence-electron chi connectivity index (χ2n) is 9.68. The summed E-state index contributed by atoms with van der Waals surface area (Å²) in [6.45, 7) is 1.21. The summed E-state index contributed by atoms with van der Waals surface area (Å²) >= 11 is 0. The fourth-order valence-electron chi connectivity index (χ4n) is 4.78. The lowest BCUT2D eigenvalue weighted by Crippen LogP contribution is -2.47. The highest BCUT2D eigenvalue weighted by Crippen LogP contribution is 2.37. The number of benzene rings is 2. The van der Waals surface area contributed by atoms with E-state index in [-0.39, 0.29) is 47.6 Å². The Balaban J connectivity index is 1.23. The molecule has 0 bridgehead atoms. The fourth-order valence-corrected chi connectivity index (χ4v) is 6.99. The predicted octanol–water partition coefficient (Wildman–Crippen LogP) is 0.635. The lowest BCUT2D eigenvalue weighted by molar-refractivity contribution is -0.0312. The predicted molar refractivity (Wildman–Crippen MR) is 141 cm³/mol. The molecular weight excluding hydrogens is 550 g/mol. The molecule has 2 heterocycles. The second-order valence-corrected chi connectivity index (χ2v) is 13.5. The standard InChI is InChI=1S/C25H33N3O9S2/c1-26-38(32,33)23-4-2-3-21(13-23)36-17-20(29)15-27-19-14-25(37-16-19)9-11-28(12-10-25)39(34,35)22-7-5-18(6-8-22)24(30)31/h2-8,13,19-20,26-27,29H,9-12,14-17H2,1H3,(H,30,31)/t19?,20-/m0/s1. The van der Waals surface area contributed by atoms with Gasteiger partial charge < -0.3 is 25.0 Å². The number of hydrogen-bond acceptors (Lipinski definition) is 9. The molecule has 0 aliphatic carbocycles. The number of carbonyl (C=O) groups is 1. The molecule has 12 nitrogen and oxygen atoms in total. The number of carboxylic acids is 1. The van der Waals surface area contributed by atoms with Crippen LogP contribution in [-0.4, -0.2) is 95.0 Å². The van der Waals surface area contributed by atoms with Crippen LogP contribution in [-0.2, 0) is 24.8 Å². The van der Waals surface area contributed by atoms with Crippen LogP contribution in [0.5, 0.6) is 5.75 Å². The van der Waals surface area contributed by atoms with Gasteiger partial charge in [-0.1, -0.05) is 6.07 Å². The number of aromatic carboxylic acids is 1. The minimum Gasteiger partial charge on any atom is -0.491 e. The highest BCUT2D eigenvalue weighted by molar-refractivity contribution is 7.89. The van der Waals surface area contributed by atoms with Crippen molar-refractivity contribution >= 4 is 26.0 Å². The first-order valence-electron chi connectivity index (χ1n) is 12.5. The van der Waals surface area contributed by atoms with Gasteiger partial charge in [0, 0.05) is 31.7 Å². The third-order valence-corrected chi connectivity index (χ3v) is 10.4. The van der Waals surface area contributed by atoms with E-state index in [4.69, 9.17) is 14.6 Å². The third kappa shape index (κ3) is 6.95. The lowest BCUT2D eigenvalue weighted by atomic mass is 9.88. The van der Waals surface area contributed by atoms with Crippen LogP contribution >= 0.6 is 0 Å². The molecule has 2 aromatic carbocycles. The van der Waals surface area contributed by atoms with Gasteiger partial charge in [-0.25, -0.2) is 26.4 Å². The molecule has 2 aliphatic rings. The lowest BCUT2D eigenvalue weighted by Gasteiger charge is -2.38. The van der Waals surface area contributed by atoms with E-state index < -0.39 is 37.7 Å². The monoisotopic (exact) mass is 583 g/mol. The Bertz CT molecular complexity index is 1370. The van der Waals surface area contributed by atoms with Crippen LogP contribution in [0.2, 0.25) is 0 Å². The van der Waals surface area contributed by atoms with Gasteiger partial charge in [-0.3, -0.25) is 0 Å². The minimum absolute atomic E-state index is 0.0181. The zero-order chi connectivity index (χ0) is 28.3. The molecule has 0 amide bonds. The zero-order valence-corrected chi connectivity index (χ0v) is 23.1. The summed E-state index contributed by atoms with van der Waals surface area (Å²) in [5.41, 5.74) is -0.423. The Kier molecular flexibility index (Phi) is 8.95. The number of nitrogens with zero attached hydrogens (tertiary/aromatic N) is 1. The summed E-state index contributed by atoms with van der Waals surface area (Å²) in [7, 11) is -6.02. The maximum atomic E-state index is 13.0. The zero-order valence-electron chi connectivity index (χ0n) is 21.4. The van der Waals surface area contributed by atoms with Gasteiger partial charge in [0.15, 0.2) is 0 Å². The van der Waals surface area contributed by atoms with Gasteiger partial charge in [0.25, 0.3) is 0 Å². The first-order valence-corrected chi connectivity index (χ1v) is 15.4. The Morgan fingerprint density at radius 2 is 1.82 bits per heavy atom. The van der Waals surface area contributed by atoms with E-state index in [0.29, 0.717) is 31.6 Å². The molecule has 2 fully saturated rings. The van der Waals surface area contributed by atoms with E-state index in [1.54, 1.807) is 12.1 Å². The molecule has 1 spiro atoms. The van der Waals surface area contributed by atoms with Gasteiger partial charge in [-0.15, -0.1) is 0 Å². The molecule has 14 heteroatoms. The summed E-state index contributed by atoms with van der Waals surface area (Å²) in [4.78, 5) is 11.2. The largest absolute Gasteiger partial charge is 0.491 e. The number of hydrogen-bond donors (Lipinski definition) is 4. The van der Waals surface area contributed by atoms with Crippen LogP contribution in [0.4, 0.5) is 0 Å². The first-order chi connectivity index (χ1) is 18.4. The molecule has 2 aromatic rings. The van der Waals surface area contributed by atoms with Crippen LogP contribution in [0.1, 0.15) is 29.6 Å². The van der Waals surface area contributed by atoms with Crippen molar-refractivity contribution in [2.75, 3.05) is 39.9 Å². The average molecular weight is 584 g/mol. The molecule has 39 heavy (non-hydrogen) atoms. The van der Waals surface area contributed by atoms with Gasteiger partial charge in [-0.2, -0.15) is 4.31 Å². The molecular formula is C25H33N3O9S2. The van der Waals surface area contributed by atoms with Gasteiger partial charge in [0.1, 0.15) is 18.5 Å². The summed E-state index contributed by atoms with van der Waals surface area (Å²) in [6.07, 6.45) is 0.876. The van der Waals surface area contributed by atoms with E-state index in [9.17, 15) is 26.7 Å². The molecule has 1 unspecified atom stereocenters. The molecule has 2 saturated heterocycles. The smallest absolute Gasteiger partial charge is 0.335 e. The van der Waals surface area contributed by atoms with Crippen molar-refractivity contribution < 1.29 is 41.3 Å². The highest BCUT2D eigenvalue weighted by Gasteiger charge is 2.44. The van der Waals surface area contributed by atoms with Crippen LogP contribution in [0.15, 0.2) is 58.3 Å². The molecule has 4 N–H and O–H groups in total. The fraction of sp³-hybridized carbons (Fsp3) is 0.480. The van der Waals surface area contributed by atoms with Gasteiger partial charge in [-0.05, 0) is 62.7 Å². The van der Waals surface area contributed by atoms with Crippen LogP contribution in [0.3, 0.4) is 0 Å². The number of rotatable bonds is 11. The van der Waals surface area contributed by atoms with Crippen molar-refractivity contribution in [3.8, 4) is 5.75 Å². The first kappa shape index (κ1) is 29.4. The molecule has 4 rings (SSSR count).